The van der Waals surface area contributed by atoms with Crippen LogP contribution in [-0.4, -0.2) is 24.9 Å². The van der Waals surface area contributed by atoms with Crippen LogP contribution in [0.5, 0.6) is 0 Å². The monoisotopic (exact) mass is 353 g/mol. The number of carbonyl (C=O) groups excluding carboxylic acids is 2. The molecule has 2 atom stereocenters. The molecule has 1 fully saturated rings. The Balaban J connectivity index is 0.00000288. The molecule has 2 rings (SSSR count). The molecule has 1 aliphatic carbocycles. The van der Waals surface area contributed by atoms with E-state index in [0.29, 0.717) is 30.3 Å². The quantitative estimate of drug-likeness (QED) is 0.735. The predicted octanol–water partition coefficient (Wildman–Crippen LogP) is 2.81. The number of benzene rings is 1. The smallest absolute Gasteiger partial charge is 0.253 e. The van der Waals surface area contributed by atoms with Gasteiger partial charge in [-0.1, -0.05) is 32.4 Å². The first kappa shape index (κ1) is 20.5. The van der Waals surface area contributed by atoms with E-state index in [2.05, 4.69) is 10.6 Å². The maximum atomic E-state index is 12.5. The highest BCUT2D eigenvalue weighted by Gasteiger charge is 2.32. The minimum Gasteiger partial charge on any atom is -0.352 e. The Morgan fingerprint density at radius 3 is 2.62 bits per heavy atom. The van der Waals surface area contributed by atoms with E-state index in [0.717, 1.165) is 19.3 Å². The Bertz CT molecular complexity index is 563. The van der Waals surface area contributed by atoms with E-state index in [4.69, 9.17) is 5.73 Å². The summed E-state index contributed by atoms with van der Waals surface area (Å²) in [4.78, 5) is 24.8. The average molecular weight is 354 g/mol. The summed E-state index contributed by atoms with van der Waals surface area (Å²) >= 11 is 0. The first-order chi connectivity index (χ1) is 11.0. The van der Waals surface area contributed by atoms with Gasteiger partial charge < -0.3 is 16.4 Å². The number of amides is 2. The van der Waals surface area contributed by atoms with Crippen LogP contribution in [-0.2, 0) is 4.79 Å². The molecule has 0 radical (unpaired) electrons. The second-order valence-corrected chi connectivity index (χ2v) is 6.67. The maximum absolute atomic E-state index is 12.5. The van der Waals surface area contributed by atoms with E-state index >= 15 is 0 Å². The molecule has 0 aliphatic heterocycles. The Morgan fingerprint density at radius 1 is 1.25 bits per heavy atom. The van der Waals surface area contributed by atoms with Crippen molar-refractivity contribution in [1.29, 1.82) is 0 Å². The predicted molar refractivity (Wildman–Crippen MR) is 99.4 cm³/mol. The molecular formula is C18H28ClN3O2. The number of hydrogen-bond donors (Lipinski definition) is 3. The molecule has 134 valence electrons. The topological polar surface area (TPSA) is 84.2 Å². The lowest BCUT2D eigenvalue weighted by atomic mass is 9.95. The number of nitrogens with one attached hydrogen (secondary N) is 2. The summed E-state index contributed by atoms with van der Waals surface area (Å²) in [5.41, 5.74) is 6.83. The Labute approximate surface area is 150 Å². The standard InChI is InChI=1S/C18H27N3O2.ClH/c1-12(2)11-20-17(22)15-7-3-4-9-16(15)21-18(23)14-8-5-6-13(14)10-19;/h3-4,7,9,12-14H,5-6,8,10-11,19H2,1-2H3,(H,20,22)(H,21,23);1H/t13-,14-;/m1./s1. The van der Waals surface area contributed by atoms with E-state index in [1.165, 1.54) is 0 Å². The number of nitrogens with two attached hydrogens (primary N) is 1. The minimum absolute atomic E-state index is 0. The SMILES string of the molecule is CC(C)CNC(=O)c1ccccc1NC(=O)[C@@H]1CCC[C@@H]1CN.Cl. The van der Waals surface area contributed by atoms with Gasteiger partial charge in [0.15, 0.2) is 0 Å². The molecule has 24 heavy (non-hydrogen) atoms. The van der Waals surface area contributed by atoms with Gasteiger partial charge in [-0.25, -0.2) is 0 Å². The first-order valence-corrected chi connectivity index (χ1v) is 8.41. The van der Waals surface area contributed by atoms with Gasteiger partial charge in [0.1, 0.15) is 0 Å². The fraction of sp³-hybridized carbons (Fsp3) is 0.556. The Morgan fingerprint density at radius 2 is 1.96 bits per heavy atom. The number of hydrogen-bond acceptors (Lipinski definition) is 3. The highest BCUT2D eigenvalue weighted by atomic mass is 35.5. The van der Waals surface area contributed by atoms with E-state index in [1.54, 1.807) is 18.2 Å². The van der Waals surface area contributed by atoms with E-state index in [9.17, 15) is 9.59 Å². The lowest BCUT2D eigenvalue weighted by Crippen LogP contribution is -2.31. The summed E-state index contributed by atoms with van der Waals surface area (Å²) in [7, 11) is 0. The summed E-state index contributed by atoms with van der Waals surface area (Å²) in [5.74, 6) is 0.395. The zero-order valence-corrected chi connectivity index (χ0v) is 15.2. The third-order valence-corrected chi connectivity index (χ3v) is 4.40. The van der Waals surface area contributed by atoms with Crippen LogP contribution in [0.25, 0.3) is 0 Å². The van der Waals surface area contributed by atoms with Gasteiger partial charge in [0.25, 0.3) is 5.91 Å². The third kappa shape index (κ3) is 5.21. The van der Waals surface area contributed by atoms with Crippen LogP contribution >= 0.6 is 12.4 Å². The highest BCUT2D eigenvalue weighted by Crippen LogP contribution is 2.32. The molecule has 0 bridgehead atoms. The van der Waals surface area contributed by atoms with Crippen molar-refractivity contribution in [2.45, 2.75) is 33.1 Å². The lowest BCUT2D eigenvalue weighted by Gasteiger charge is -2.19. The third-order valence-electron chi connectivity index (χ3n) is 4.40. The number of anilines is 1. The number of halogens is 1. The molecule has 1 aliphatic rings. The normalized spacial score (nSPS) is 19.7. The van der Waals surface area contributed by atoms with Crippen LogP contribution in [0.1, 0.15) is 43.5 Å². The second-order valence-electron chi connectivity index (χ2n) is 6.67. The summed E-state index contributed by atoms with van der Waals surface area (Å²) in [6.07, 6.45) is 2.91. The zero-order chi connectivity index (χ0) is 16.8. The molecule has 0 aromatic heterocycles. The minimum atomic E-state index is -0.156. The maximum Gasteiger partial charge on any atom is 0.253 e. The Hall–Kier alpha value is -1.59. The van der Waals surface area contributed by atoms with Gasteiger partial charge in [0, 0.05) is 12.5 Å². The highest BCUT2D eigenvalue weighted by molar-refractivity contribution is 6.04. The van der Waals surface area contributed by atoms with Crippen LogP contribution in [0.3, 0.4) is 0 Å². The number of para-hydroxylation sites is 1. The van der Waals surface area contributed by atoms with Gasteiger partial charge >= 0.3 is 0 Å². The molecule has 2 amide bonds. The summed E-state index contributed by atoms with van der Waals surface area (Å²) in [6.45, 7) is 5.23. The molecule has 1 aromatic rings. The fourth-order valence-electron chi connectivity index (χ4n) is 3.07. The van der Waals surface area contributed by atoms with Gasteiger partial charge in [-0.2, -0.15) is 0 Å². The number of rotatable bonds is 6. The van der Waals surface area contributed by atoms with E-state index in [1.807, 2.05) is 19.9 Å². The van der Waals surface area contributed by atoms with Crippen molar-refractivity contribution in [1.82, 2.24) is 5.32 Å². The molecule has 4 N–H and O–H groups in total. The van der Waals surface area contributed by atoms with Crippen LogP contribution in [0, 0.1) is 17.8 Å². The van der Waals surface area contributed by atoms with Crippen molar-refractivity contribution in [3.63, 3.8) is 0 Å². The largest absolute Gasteiger partial charge is 0.352 e. The summed E-state index contributed by atoms with van der Waals surface area (Å²) in [5, 5.41) is 5.82. The van der Waals surface area contributed by atoms with Gasteiger partial charge in [-0.3, -0.25) is 9.59 Å². The molecule has 0 heterocycles. The Kier molecular flexibility index (Phi) is 8.22. The lowest BCUT2D eigenvalue weighted by molar-refractivity contribution is -0.120. The molecule has 0 saturated heterocycles. The van der Waals surface area contributed by atoms with Gasteiger partial charge in [0.05, 0.1) is 11.3 Å². The van der Waals surface area contributed by atoms with Crippen LogP contribution in [0.2, 0.25) is 0 Å². The van der Waals surface area contributed by atoms with Crippen LogP contribution in [0.4, 0.5) is 5.69 Å². The van der Waals surface area contributed by atoms with Crippen molar-refractivity contribution < 1.29 is 9.59 Å². The second kappa shape index (κ2) is 9.64. The zero-order valence-electron chi connectivity index (χ0n) is 14.4. The van der Waals surface area contributed by atoms with Crippen LogP contribution < -0.4 is 16.4 Å². The molecule has 0 spiro atoms. The van der Waals surface area contributed by atoms with E-state index in [-0.39, 0.29) is 36.1 Å². The first-order valence-electron chi connectivity index (χ1n) is 8.41. The van der Waals surface area contributed by atoms with E-state index < -0.39 is 0 Å². The van der Waals surface area contributed by atoms with Gasteiger partial charge in [0.2, 0.25) is 5.91 Å². The molecule has 0 unspecified atom stereocenters. The van der Waals surface area contributed by atoms with Crippen molar-refractivity contribution >= 4 is 29.9 Å². The van der Waals surface area contributed by atoms with Gasteiger partial charge in [-0.15, -0.1) is 12.4 Å². The molecule has 1 aromatic carbocycles. The number of carbonyl (C=O) groups is 2. The van der Waals surface area contributed by atoms with Crippen molar-refractivity contribution in [2.24, 2.45) is 23.5 Å². The molecule has 5 nitrogen and oxygen atoms in total. The van der Waals surface area contributed by atoms with Crippen molar-refractivity contribution in [3.05, 3.63) is 29.8 Å². The summed E-state index contributed by atoms with van der Waals surface area (Å²) in [6, 6.07) is 7.14. The molecular weight excluding hydrogens is 326 g/mol. The summed E-state index contributed by atoms with van der Waals surface area (Å²) < 4.78 is 0. The molecule has 1 saturated carbocycles. The average Bonchev–Trinajstić information content (AvgIpc) is 3.01. The van der Waals surface area contributed by atoms with Crippen molar-refractivity contribution in [2.75, 3.05) is 18.4 Å². The molecule has 6 heteroatoms. The van der Waals surface area contributed by atoms with Crippen molar-refractivity contribution in [3.8, 4) is 0 Å². The van der Waals surface area contributed by atoms with Gasteiger partial charge in [-0.05, 0) is 43.4 Å². The fourth-order valence-corrected chi connectivity index (χ4v) is 3.07. The van der Waals surface area contributed by atoms with Crippen LogP contribution in [0.15, 0.2) is 24.3 Å².